The second-order valence-corrected chi connectivity index (χ2v) is 9.06. The zero-order valence-electron chi connectivity index (χ0n) is 21.7. The quantitative estimate of drug-likeness (QED) is 0.101. The molecular weight excluding hydrogens is 404 g/mol. The lowest BCUT2D eigenvalue weighted by Gasteiger charge is -2.09. The van der Waals surface area contributed by atoms with Crippen LogP contribution in [-0.2, 0) is 23.7 Å². The molecule has 0 N–H and O–H groups in total. The topological polar surface area (TPSA) is 54.0 Å². The number of unbranched alkanes of at least 4 members (excludes halogenated alkanes) is 14. The Morgan fingerprint density at radius 1 is 0.562 bits per heavy atom. The maximum absolute atomic E-state index is 11.7. The fourth-order valence-electron chi connectivity index (χ4n) is 3.59. The molecule has 0 rings (SSSR count). The van der Waals surface area contributed by atoms with Gasteiger partial charge in [0.25, 0.3) is 0 Å². The van der Waals surface area contributed by atoms with Gasteiger partial charge in [0.05, 0.1) is 39.1 Å². The molecule has 0 saturated heterocycles. The van der Waals surface area contributed by atoms with Gasteiger partial charge in [-0.05, 0) is 20.3 Å². The summed E-state index contributed by atoms with van der Waals surface area (Å²) in [6.07, 6.45) is 20.7. The lowest BCUT2D eigenvalue weighted by atomic mass is 10.0. The van der Waals surface area contributed by atoms with E-state index in [1.165, 1.54) is 83.5 Å². The fraction of sp³-hybridized carbons (Fsp3) is 0.963. The molecule has 0 aliphatic carbocycles. The number of hydrogen-bond acceptors (Lipinski definition) is 5. The van der Waals surface area contributed by atoms with E-state index in [1.807, 2.05) is 13.8 Å². The van der Waals surface area contributed by atoms with E-state index in [0.29, 0.717) is 46.1 Å². The predicted molar refractivity (Wildman–Crippen MR) is 133 cm³/mol. The van der Waals surface area contributed by atoms with Crippen LogP contribution in [0.2, 0.25) is 0 Å². The maximum Gasteiger partial charge on any atom is 0.305 e. The van der Waals surface area contributed by atoms with Crippen LogP contribution in [0.1, 0.15) is 124 Å². The Kier molecular flexibility index (Phi) is 26.1. The van der Waals surface area contributed by atoms with Crippen molar-refractivity contribution in [1.82, 2.24) is 0 Å². The van der Waals surface area contributed by atoms with Crippen molar-refractivity contribution in [2.75, 3.05) is 39.6 Å². The molecule has 5 nitrogen and oxygen atoms in total. The van der Waals surface area contributed by atoms with Gasteiger partial charge in [0.15, 0.2) is 0 Å². The van der Waals surface area contributed by atoms with Crippen LogP contribution in [0, 0.1) is 0 Å². The van der Waals surface area contributed by atoms with Crippen molar-refractivity contribution in [2.24, 2.45) is 0 Å². The van der Waals surface area contributed by atoms with Crippen molar-refractivity contribution in [3.8, 4) is 0 Å². The normalized spacial score (nSPS) is 11.4. The Morgan fingerprint density at radius 3 is 1.44 bits per heavy atom. The first-order chi connectivity index (χ1) is 15.7. The van der Waals surface area contributed by atoms with Crippen LogP contribution in [0.5, 0.6) is 0 Å². The van der Waals surface area contributed by atoms with E-state index in [4.69, 9.17) is 18.9 Å². The average Bonchev–Trinajstić information content (AvgIpc) is 2.77. The van der Waals surface area contributed by atoms with Gasteiger partial charge in [-0.2, -0.15) is 0 Å². The summed E-state index contributed by atoms with van der Waals surface area (Å²) >= 11 is 0. The second-order valence-electron chi connectivity index (χ2n) is 9.06. The summed E-state index contributed by atoms with van der Waals surface area (Å²) in [6, 6.07) is 0. The monoisotopic (exact) mass is 458 g/mol. The van der Waals surface area contributed by atoms with E-state index >= 15 is 0 Å². The number of rotatable bonds is 26. The number of carbonyl (C=O) groups excluding carboxylic acids is 1. The largest absolute Gasteiger partial charge is 0.463 e. The molecule has 32 heavy (non-hydrogen) atoms. The minimum Gasteiger partial charge on any atom is -0.463 e. The third kappa shape index (κ3) is 27.4. The van der Waals surface area contributed by atoms with E-state index in [1.54, 1.807) is 0 Å². The number of carbonyl (C=O) groups is 1. The van der Waals surface area contributed by atoms with Crippen LogP contribution in [0.25, 0.3) is 0 Å². The molecule has 0 fully saturated rings. The molecule has 0 atom stereocenters. The van der Waals surface area contributed by atoms with Gasteiger partial charge in [-0.25, -0.2) is 0 Å². The molecule has 0 aromatic carbocycles. The van der Waals surface area contributed by atoms with Crippen molar-refractivity contribution in [3.05, 3.63) is 0 Å². The summed E-state index contributed by atoms with van der Waals surface area (Å²) < 4.78 is 21.4. The van der Waals surface area contributed by atoms with E-state index in [2.05, 4.69) is 6.92 Å². The fourth-order valence-corrected chi connectivity index (χ4v) is 3.59. The standard InChI is InChI=1S/C27H54O5/c1-4-5-6-7-8-9-10-11-12-13-14-15-16-17-18-19-27(28)32-25-23-30-21-20-29-22-24-31-26(2)3/h26H,4-25H2,1-3H3. The number of hydrogen-bond donors (Lipinski definition) is 0. The first-order valence-corrected chi connectivity index (χ1v) is 13.6. The summed E-state index contributed by atoms with van der Waals surface area (Å²) in [4.78, 5) is 11.7. The Balaban J connectivity index is 3.15. The minimum atomic E-state index is -0.106. The highest BCUT2D eigenvalue weighted by atomic mass is 16.6. The summed E-state index contributed by atoms with van der Waals surface area (Å²) in [5.74, 6) is -0.106. The van der Waals surface area contributed by atoms with Gasteiger partial charge in [-0.1, -0.05) is 96.8 Å². The maximum atomic E-state index is 11.7. The van der Waals surface area contributed by atoms with Crippen LogP contribution < -0.4 is 0 Å². The Bertz CT molecular complexity index is 373. The number of ether oxygens (including phenoxy) is 4. The van der Waals surface area contributed by atoms with Gasteiger partial charge >= 0.3 is 5.97 Å². The summed E-state index contributed by atoms with van der Waals surface area (Å²) in [6.45, 7) is 9.27. The second kappa shape index (κ2) is 26.6. The van der Waals surface area contributed by atoms with Crippen molar-refractivity contribution in [2.45, 2.75) is 130 Å². The van der Waals surface area contributed by atoms with Crippen molar-refractivity contribution >= 4 is 5.97 Å². The highest BCUT2D eigenvalue weighted by Gasteiger charge is 2.02. The van der Waals surface area contributed by atoms with Crippen LogP contribution in [0.15, 0.2) is 0 Å². The molecular formula is C27H54O5. The molecule has 0 bridgehead atoms. The summed E-state index contributed by atoms with van der Waals surface area (Å²) in [5, 5.41) is 0. The number of esters is 1. The van der Waals surface area contributed by atoms with Crippen molar-refractivity contribution < 1.29 is 23.7 Å². The Hall–Kier alpha value is -0.650. The summed E-state index contributed by atoms with van der Waals surface area (Å²) in [7, 11) is 0. The minimum absolute atomic E-state index is 0.106. The van der Waals surface area contributed by atoms with Crippen molar-refractivity contribution in [1.29, 1.82) is 0 Å². The Morgan fingerprint density at radius 2 is 0.969 bits per heavy atom. The predicted octanol–water partition coefficient (Wildman–Crippen LogP) is 7.25. The molecule has 0 saturated carbocycles. The highest BCUT2D eigenvalue weighted by Crippen LogP contribution is 2.13. The van der Waals surface area contributed by atoms with Gasteiger partial charge < -0.3 is 18.9 Å². The SMILES string of the molecule is CCCCCCCCCCCCCCCCCC(=O)OCCOCCOCCOC(C)C. The summed E-state index contributed by atoms with van der Waals surface area (Å²) in [5.41, 5.74) is 0. The van der Waals surface area contributed by atoms with Crippen LogP contribution in [-0.4, -0.2) is 51.7 Å². The third-order valence-corrected chi connectivity index (χ3v) is 5.53. The van der Waals surface area contributed by atoms with Gasteiger partial charge in [0, 0.05) is 6.42 Å². The molecule has 0 radical (unpaired) electrons. The highest BCUT2D eigenvalue weighted by molar-refractivity contribution is 5.69. The lowest BCUT2D eigenvalue weighted by molar-refractivity contribution is -0.145. The molecule has 0 aromatic rings. The van der Waals surface area contributed by atoms with Crippen LogP contribution >= 0.6 is 0 Å². The van der Waals surface area contributed by atoms with Gasteiger partial charge in [-0.15, -0.1) is 0 Å². The molecule has 0 aliphatic heterocycles. The first kappa shape index (κ1) is 31.4. The molecule has 0 aliphatic rings. The van der Waals surface area contributed by atoms with Gasteiger partial charge in [0.1, 0.15) is 6.61 Å². The van der Waals surface area contributed by atoms with E-state index < -0.39 is 0 Å². The lowest BCUT2D eigenvalue weighted by Crippen LogP contribution is -2.14. The first-order valence-electron chi connectivity index (χ1n) is 13.6. The molecule has 0 aromatic heterocycles. The molecule has 5 heteroatoms. The zero-order chi connectivity index (χ0) is 23.5. The van der Waals surface area contributed by atoms with Gasteiger partial charge in [-0.3, -0.25) is 4.79 Å². The van der Waals surface area contributed by atoms with E-state index in [-0.39, 0.29) is 12.1 Å². The smallest absolute Gasteiger partial charge is 0.305 e. The van der Waals surface area contributed by atoms with Gasteiger partial charge in [0.2, 0.25) is 0 Å². The molecule has 0 amide bonds. The molecule has 0 spiro atoms. The van der Waals surface area contributed by atoms with Crippen molar-refractivity contribution in [3.63, 3.8) is 0 Å². The third-order valence-electron chi connectivity index (χ3n) is 5.53. The zero-order valence-corrected chi connectivity index (χ0v) is 21.7. The van der Waals surface area contributed by atoms with E-state index in [0.717, 1.165) is 12.8 Å². The molecule has 192 valence electrons. The molecule has 0 unspecified atom stereocenters. The Labute approximate surface area is 199 Å². The average molecular weight is 459 g/mol. The van der Waals surface area contributed by atoms with E-state index in [9.17, 15) is 4.79 Å². The van der Waals surface area contributed by atoms with Crippen LogP contribution in [0.4, 0.5) is 0 Å². The van der Waals surface area contributed by atoms with Crippen LogP contribution in [0.3, 0.4) is 0 Å². The molecule has 0 heterocycles.